The van der Waals surface area contributed by atoms with E-state index in [0.29, 0.717) is 17.2 Å². The number of carbonyl (C=O) groups excluding carboxylic acids is 3. The second kappa shape index (κ2) is 8.12. The highest BCUT2D eigenvalue weighted by molar-refractivity contribution is 7.89. The van der Waals surface area contributed by atoms with Crippen LogP contribution in [0.2, 0.25) is 0 Å². The first-order valence-electron chi connectivity index (χ1n) is 9.59. The molecule has 0 spiro atoms. The number of amides is 4. The van der Waals surface area contributed by atoms with E-state index in [2.05, 4.69) is 24.5 Å². The zero-order valence-electron chi connectivity index (χ0n) is 17.4. The van der Waals surface area contributed by atoms with Crippen molar-refractivity contribution in [3.63, 3.8) is 0 Å². The third-order valence-electron chi connectivity index (χ3n) is 5.20. The van der Waals surface area contributed by atoms with Gasteiger partial charge in [-0.25, -0.2) is 18.4 Å². The number of urea groups is 1. The van der Waals surface area contributed by atoms with Crippen molar-refractivity contribution in [2.45, 2.75) is 37.1 Å². The lowest BCUT2D eigenvalue weighted by atomic mass is 9.92. The van der Waals surface area contributed by atoms with Gasteiger partial charge >= 0.3 is 6.03 Å². The Morgan fingerprint density at radius 1 is 1.10 bits per heavy atom. The van der Waals surface area contributed by atoms with Gasteiger partial charge in [0, 0.05) is 5.69 Å². The fraction of sp³-hybridized carbons (Fsp3) is 0.286. The molecule has 4 amide bonds. The van der Waals surface area contributed by atoms with Crippen LogP contribution in [0.25, 0.3) is 0 Å². The Labute approximate surface area is 180 Å². The van der Waals surface area contributed by atoms with Crippen LogP contribution in [0.5, 0.6) is 0 Å². The normalized spacial score (nSPS) is 18.9. The fourth-order valence-electron chi connectivity index (χ4n) is 3.31. The molecule has 1 aliphatic rings. The molecule has 4 N–H and O–H groups in total. The van der Waals surface area contributed by atoms with Crippen molar-refractivity contribution in [2.75, 3.05) is 11.9 Å². The van der Waals surface area contributed by atoms with Crippen LogP contribution in [0.3, 0.4) is 0 Å². The van der Waals surface area contributed by atoms with Crippen LogP contribution in [-0.4, -0.2) is 37.7 Å². The minimum absolute atomic E-state index is 0.114. The van der Waals surface area contributed by atoms with Crippen molar-refractivity contribution in [3.8, 4) is 0 Å². The number of hydrogen-bond acceptors (Lipinski definition) is 5. The van der Waals surface area contributed by atoms with Crippen LogP contribution in [0.4, 0.5) is 10.5 Å². The summed E-state index contributed by atoms with van der Waals surface area (Å²) in [5.41, 5.74) is 0.609. The predicted octanol–water partition coefficient (Wildman–Crippen LogP) is 1.86. The van der Waals surface area contributed by atoms with E-state index in [1.807, 2.05) is 12.1 Å². The fourth-order valence-corrected chi connectivity index (χ4v) is 3.83. The molecule has 2 aromatic carbocycles. The van der Waals surface area contributed by atoms with E-state index in [-0.39, 0.29) is 4.90 Å². The molecule has 1 saturated heterocycles. The number of carbonyl (C=O) groups is 3. The van der Waals surface area contributed by atoms with Crippen LogP contribution in [0.15, 0.2) is 53.4 Å². The minimum atomic E-state index is -3.89. The second-order valence-corrected chi connectivity index (χ2v) is 9.40. The Kier molecular flexibility index (Phi) is 5.88. The number of imide groups is 1. The molecule has 0 radical (unpaired) electrons. The first kappa shape index (κ1) is 22.4. The molecule has 164 valence electrons. The monoisotopic (exact) mass is 444 g/mol. The smallest absolute Gasteiger partial charge is 0.325 e. The van der Waals surface area contributed by atoms with Gasteiger partial charge in [0.2, 0.25) is 15.9 Å². The molecule has 2 aromatic rings. The van der Waals surface area contributed by atoms with Gasteiger partial charge in [-0.1, -0.05) is 38.1 Å². The standard InChI is InChI=1S/C21H24N4O5S/c1-13(2)14-4-8-16(9-5-14)23-18(26)12-25-19(27)21(3,24-20(25)28)15-6-10-17(11-7-15)31(22,29)30/h4-11,13H,12H2,1-3H3,(H,23,26)(H,24,28)(H2,22,29,30). The van der Waals surface area contributed by atoms with E-state index in [4.69, 9.17) is 5.14 Å². The van der Waals surface area contributed by atoms with Gasteiger partial charge in [-0.3, -0.25) is 14.5 Å². The van der Waals surface area contributed by atoms with Gasteiger partial charge in [-0.05, 0) is 48.2 Å². The molecular weight excluding hydrogens is 420 g/mol. The SMILES string of the molecule is CC(C)c1ccc(NC(=O)CN2C(=O)NC(C)(c3ccc(S(N)(=O)=O)cc3)C2=O)cc1. The lowest BCUT2D eigenvalue weighted by Crippen LogP contribution is -2.42. The lowest BCUT2D eigenvalue weighted by Gasteiger charge is -2.22. The number of rotatable bonds is 6. The molecule has 0 aliphatic carbocycles. The summed E-state index contributed by atoms with van der Waals surface area (Å²) in [6, 6.07) is 11.9. The molecule has 3 rings (SSSR count). The van der Waals surface area contributed by atoms with Crippen LogP contribution in [0.1, 0.15) is 37.8 Å². The molecule has 0 aromatic heterocycles. The Morgan fingerprint density at radius 3 is 2.19 bits per heavy atom. The molecule has 1 fully saturated rings. The number of hydrogen-bond donors (Lipinski definition) is 3. The summed E-state index contributed by atoms with van der Waals surface area (Å²) in [7, 11) is -3.89. The van der Waals surface area contributed by atoms with Gasteiger partial charge in [0.05, 0.1) is 4.90 Å². The van der Waals surface area contributed by atoms with Crippen LogP contribution in [0, 0.1) is 0 Å². The highest BCUT2D eigenvalue weighted by atomic mass is 32.2. The number of nitrogens with one attached hydrogen (secondary N) is 2. The minimum Gasteiger partial charge on any atom is -0.325 e. The average Bonchev–Trinajstić information content (AvgIpc) is 2.92. The summed E-state index contributed by atoms with van der Waals surface area (Å²) in [4.78, 5) is 38.5. The highest BCUT2D eigenvalue weighted by Gasteiger charge is 2.49. The predicted molar refractivity (Wildman–Crippen MR) is 115 cm³/mol. The lowest BCUT2D eigenvalue weighted by molar-refractivity contribution is -0.133. The Hall–Kier alpha value is -3.24. The summed E-state index contributed by atoms with van der Waals surface area (Å²) in [5.74, 6) is -0.784. The summed E-state index contributed by atoms with van der Waals surface area (Å²) in [5, 5.41) is 10.3. The van der Waals surface area contributed by atoms with E-state index in [9.17, 15) is 22.8 Å². The molecule has 1 atom stereocenters. The number of benzene rings is 2. The number of nitrogens with zero attached hydrogens (tertiary/aromatic N) is 1. The van der Waals surface area contributed by atoms with Crippen molar-refractivity contribution in [1.82, 2.24) is 10.2 Å². The average molecular weight is 445 g/mol. The van der Waals surface area contributed by atoms with E-state index in [0.717, 1.165) is 10.5 Å². The van der Waals surface area contributed by atoms with E-state index in [1.165, 1.54) is 31.2 Å². The van der Waals surface area contributed by atoms with E-state index >= 15 is 0 Å². The van der Waals surface area contributed by atoms with Gasteiger partial charge < -0.3 is 10.6 Å². The van der Waals surface area contributed by atoms with Crippen molar-refractivity contribution >= 4 is 33.6 Å². The number of anilines is 1. The van der Waals surface area contributed by atoms with Gasteiger partial charge in [-0.15, -0.1) is 0 Å². The maximum atomic E-state index is 12.9. The molecule has 10 heteroatoms. The summed E-state index contributed by atoms with van der Waals surface area (Å²) >= 11 is 0. The van der Waals surface area contributed by atoms with Crippen LogP contribution < -0.4 is 15.8 Å². The summed E-state index contributed by atoms with van der Waals surface area (Å²) in [6.07, 6.45) is 0. The maximum absolute atomic E-state index is 12.9. The number of nitrogens with two attached hydrogens (primary N) is 1. The van der Waals surface area contributed by atoms with Crippen molar-refractivity contribution in [3.05, 3.63) is 59.7 Å². The Balaban J connectivity index is 1.72. The number of sulfonamides is 1. The molecule has 1 heterocycles. The van der Waals surface area contributed by atoms with Gasteiger partial charge in [0.25, 0.3) is 5.91 Å². The largest absolute Gasteiger partial charge is 0.325 e. The van der Waals surface area contributed by atoms with Crippen molar-refractivity contribution in [2.24, 2.45) is 5.14 Å². The van der Waals surface area contributed by atoms with E-state index in [1.54, 1.807) is 12.1 Å². The quantitative estimate of drug-likeness (QED) is 0.584. The Morgan fingerprint density at radius 2 is 1.68 bits per heavy atom. The first-order chi connectivity index (χ1) is 14.4. The van der Waals surface area contributed by atoms with Crippen molar-refractivity contribution in [1.29, 1.82) is 0 Å². The van der Waals surface area contributed by atoms with E-state index < -0.39 is 40.0 Å². The number of primary sulfonamides is 1. The zero-order chi connectivity index (χ0) is 23.0. The van der Waals surface area contributed by atoms with Gasteiger partial charge in [0.1, 0.15) is 12.1 Å². The highest BCUT2D eigenvalue weighted by Crippen LogP contribution is 2.29. The van der Waals surface area contributed by atoms with Crippen molar-refractivity contribution < 1.29 is 22.8 Å². The molecule has 31 heavy (non-hydrogen) atoms. The molecule has 9 nitrogen and oxygen atoms in total. The third kappa shape index (κ3) is 4.59. The molecule has 1 unspecified atom stereocenters. The molecule has 0 saturated carbocycles. The molecular formula is C21H24N4O5S. The summed E-state index contributed by atoms with van der Waals surface area (Å²) < 4.78 is 22.9. The van der Waals surface area contributed by atoms with Gasteiger partial charge in [-0.2, -0.15) is 0 Å². The molecule has 0 bridgehead atoms. The third-order valence-corrected chi connectivity index (χ3v) is 6.13. The zero-order valence-corrected chi connectivity index (χ0v) is 18.2. The van der Waals surface area contributed by atoms with Crippen LogP contribution >= 0.6 is 0 Å². The Bertz CT molecular complexity index is 1130. The van der Waals surface area contributed by atoms with Gasteiger partial charge in [0.15, 0.2) is 0 Å². The van der Waals surface area contributed by atoms with Crippen LogP contribution in [-0.2, 0) is 25.2 Å². The first-order valence-corrected chi connectivity index (χ1v) is 11.1. The maximum Gasteiger partial charge on any atom is 0.325 e. The second-order valence-electron chi connectivity index (χ2n) is 7.84. The molecule has 1 aliphatic heterocycles. The summed E-state index contributed by atoms with van der Waals surface area (Å²) in [6.45, 7) is 5.15. The topological polar surface area (TPSA) is 139 Å².